The van der Waals surface area contributed by atoms with Crippen LogP contribution < -0.4 is 0 Å². The Morgan fingerprint density at radius 2 is 1.95 bits per heavy atom. The van der Waals surface area contributed by atoms with Crippen LogP contribution in [0.25, 0.3) is 11.1 Å². The van der Waals surface area contributed by atoms with Crippen molar-refractivity contribution in [1.82, 2.24) is 0 Å². The molecule has 0 saturated heterocycles. The van der Waals surface area contributed by atoms with Crippen LogP contribution in [0.15, 0.2) is 42.5 Å². The third-order valence-electron chi connectivity index (χ3n) is 3.52. The fourth-order valence-electron chi connectivity index (χ4n) is 2.73. The van der Waals surface area contributed by atoms with Crippen LogP contribution in [-0.4, -0.2) is 5.43 Å². The van der Waals surface area contributed by atoms with E-state index in [0.29, 0.717) is 0 Å². The van der Waals surface area contributed by atoms with Crippen molar-refractivity contribution >= 4 is 17.0 Å². The van der Waals surface area contributed by atoms with Gasteiger partial charge in [0.1, 0.15) is 6.61 Å². The lowest BCUT2D eigenvalue weighted by atomic mass is 9.94. The van der Waals surface area contributed by atoms with Gasteiger partial charge >= 0.3 is 5.43 Å². The van der Waals surface area contributed by atoms with Gasteiger partial charge in [0.15, 0.2) is 0 Å². The van der Waals surface area contributed by atoms with Crippen LogP contribution in [-0.2, 0) is 11.3 Å². The summed E-state index contributed by atoms with van der Waals surface area (Å²) in [5.41, 5.74) is 3.97. The lowest BCUT2D eigenvalue weighted by Crippen LogP contribution is -2.02. The number of fused-ring (bicyclic) bond motifs is 3. The van der Waals surface area contributed by atoms with Crippen molar-refractivity contribution in [2.24, 2.45) is 0 Å². The first-order valence-electron chi connectivity index (χ1n) is 6.15. The third kappa shape index (κ3) is 1.95. The number of nitriles is 1. The second-order valence-electron chi connectivity index (χ2n) is 4.55. The Labute approximate surface area is 121 Å². The van der Waals surface area contributed by atoms with Crippen LogP contribution in [0.5, 0.6) is 0 Å². The average Bonchev–Trinajstić information content (AvgIpc) is 2.79. The highest BCUT2D eigenvalue weighted by molar-refractivity contribution is 6.61. The highest BCUT2D eigenvalue weighted by Gasteiger charge is 2.30. The van der Waals surface area contributed by atoms with Crippen molar-refractivity contribution in [3.8, 4) is 17.2 Å². The summed E-state index contributed by atoms with van der Waals surface area (Å²) in [6.07, 6.45) is 0. The van der Waals surface area contributed by atoms with E-state index in [-0.39, 0.29) is 12.5 Å². The number of ether oxygens (including phenoxy) is 1. The van der Waals surface area contributed by atoms with Gasteiger partial charge in [0.2, 0.25) is 0 Å². The number of hydrogen-bond donors (Lipinski definition) is 0. The Hall–Kier alpha value is -2.31. The molecule has 4 heteroatoms. The van der Waals surface area contributed by atoms with Gasteiger partial charge in [-0.1, -0.05) is 42.5 Å². The lowest BCUT2D eigenvalue weighted by molar-refractivity contribution is 0.167. The molecular weight excluding hydrogens is 274 g/mol. The molecule has 20 heavy (non-hydrogen) atoms. The Morgan fingerprint density at radius 3 is 2.70 bits per heavy atom. The van der Waals surface area contributed by atoms with Gasteiger partial charge in [-0.2, -0.15) is 5.26 Å². The first kappa shape index (κ1) is 12.7. The molecule has 2 aromatic carbocycles. The van der Waals surface area contributed by atoms with Crippen molar-refractivity contribution in [3.63, 3.8) is 0 Å². The predicted octanol–water partition coefficient (Wildman–Crippen LogP) is 4.20. The Kier molecular flexibility index (Phi) is 3.17. The summed E-state index contributed by atoms with van der Waals surface area (Å²) in [5, 5.41) is 9.48. The largest absolute Gasteiger partial charge is 0.449 e. The molecule has 0 N–H and O–H groups in total. The summed E-state index contributed by atoms with van der Waals surface area (Å²) in [4.78, 5) is 10.8. The second kappa shape index (κ2) is 4.99. The van der Waals surface area contributed by atoms with E-state index in [0.717, 1.165) is 27.8 Å². The van der Waals surface area contributed by atoms with Crippen molar-refractivity contribution < 1.29 is 9.53 Å². The second-order valence-corrected chi connectivity index (χ2v) is 4.86. The summed E-state index contributed by atoms with van der Waals surface area (Å²) in [6.45, 7) is 0.0810. The summed E-state index contributed by atoms with van der Waals surface area (Å²) in [7, 11) is 0. The van der Waals surface area contributed by atoms with Gasteiger partial charge in [-0.15, -0.1) is 0 Å². The molecule has 2 aromatic rings. The summed E-state index contributed by atoms with van der Waals surface area (Å²) in [5.74, 6) is -0.327. The minimum Gasteiger partial charge on any atom is -0.449 e. The molecular formula is C16H10ClNO2. The number of hydrogen-bond acceptors (Lipinski definition) is 3. The molecule has 0 aromatic heterocycles. The summed E-state index contributed by atoms with van der Waals surface area (Å²) >= 11 is 5.21. The van der Waals surface area contributed by atoms with E-state index in [1.807, 2.05) is 42.5 Å². The summed E-state index contributed by atoms with van der Waals surface area (Å²) in [6, 6.07) is 15.9. The van der Waals surface area contributed by atoms with E-state index >= 15 is 0 Å². The van der Waals surface area contributed by atoms with Crippen molar-refractivity contribution in [2.45, 2.75) is 12.5 Å². The van der Waals surface area contributed by atoms with E-state index < -0.39 is 5.43 Å². The van der Waals surface area contributed by atoms with Crippen LogP contribution in [0.2, 0.25) is 0 Å². The van der Waals surface area contributed by atoms with Gasteiger partial charge < -0.3 is 4.74 Å². The molecule has 3 nitrogen and oxygen atoms in total. The molecule has 0 aliphatic heterocycles. The molecule has 0 amide bonds. The standard InChI is InChI=1S/C16H10ClNO2/c17-16(19)20-9-10-4-3-7-13-11-5-1-2-6-12(11)14(8-18)15(10)13/h1-7,14H,9H2. The van der Waals surface area contributed by atoms with Crippen LogP contribution in [0.3, 0.4) is 0 Å². The maximum atomic E-state index is 10.8. The third-order valence-corrected chi connectivity index (χ3v) is 3.63. The lowest BCUT2D eigenvalue weighted by Gasteiger charge is -2.10. The number of halogens is 1. The van der Waals surface area contributed by atoms with Gasteiger partial charge in [-0.05, 0) is 27.8 Å². The van der Waals surface area contributed by atoms with E-state index in [4.69, 9.17) is 16.3 Å². The van der Waals surface area contributed by atoms with Crippen molar-refractivity contribution in [2.75, 3.05) is 0 Å². The van der Waals surface area contributed by atoms with Crippen LogP contribution in [0, 0.1) is 11.3 Å². The molecule has 0 heterocycles. The fourth-order valence-corrected chi connectivity index (χ4v) is 2.79. The zero-order valence-corrected chi connectivity index (χ0v) is 11.2. The quantitative estimate of drug-likeness (QED) is 0.776. The number of benzene rings is 2. The molecule has 0 radical (unpaired) electrons. The molecule has 1 aliphatic carbocycles. The molecule has 1 unspecified atom stereocenters. The highest BCUT2D eigenvalue weighted by Crippen LogP contribution is 2.45. The van der Waals surface area contributed by atoms with Gasteiger partial charge in [0.25, 0.3) is 0 Å². The van der Waals surface area contributed by atoms with Crippen LogP contribution in [0.4, 0.5) is 4.79 Å². The number of carbonyl (C=O) groups is 1. The molecule has 1 aliphatic rings. The number of carbonyl (C=O) groups excluding carboxylic acids is 1. The highest BCUT2D eigenvalue weighted by atomic mass is 35.5. The van der Waals surface area contributed by atoms with Gasteiger partial charge in [0, 0.05) is 11.6 Å². The smallest absolute Gasteiger partial charge is 0.404 e. The number of rotatable bonds is 2. The molecule has 1 atom stereocenters. The molecule has 0 saturated carbocycles. The van der Waals surface area contributed by atoms with E-state index in [9.17, 15) is 10.1 Å². The molecule has 0 bridgehead atoms. The Bertz CT molecular complexity index is 733. The first-order chi connectivity index (χ1) is 9.72. The van der Waals surface area contributed by atoms with Crippen molar-refractivity contribution in [1.29, 1.82) is 5.26 Å². The van der Waals surface area contributed by atoms with Crippen LogP contribution >= 0.6 is 11.6 Å². The van der Waals surface area contributed by atoms with Gasteiger partial charge in [0.05, 0.1) is 12.0 Å². The first-order valence-corrected chi connectivity index (χ1v) is 6.53. The Balaban J connectivity index is 2.13. The maximum absolute atomic E-state index is 10.8. The summed E-state index contributed by atoms with van der Waals surface area (Å²) < 4.78 is 4.86. The zero-order chi connectivity index (χ0) is 14.1. The predicted molar refractivity (Wildman–Crippen MR) is 75.4 cm³/mol. The van der Waals surface area contributed by atoms with Gasteiger partial charge in [-0.3, -0.25) is 0 Å². The minimum atomic E-state index is -0.841. The fraction of sp³-hybridized carbons (Fsp3) is 0.125. The number of nitrogens with zero attached hydrogens (tertiary/aromatic N) is 1. The minimum absolute atomic E-state index is 0.0810. The Morgan fingerprint density at radius 1 is 1.20 bits per heavy atom. The topological polar surface area (TPSA) is 50.1 Å². The zero-order valence-electron chi connectivity index (χ0n) is 10.5. The molecule has 98 valence electrons. The van der Waals surface area contributed by atoms with Gasteiger partial charge in [-0.25, -0.2) is 4.79 Å². The molecule has 0 fully saturated rings. The van der Waals surface area contributed by atoms with E-state index in [1.165, 1.54) is 0 Å². The molecule has 0 spiro atoms. The molecule has 3 rings (SSSR count). The van der Waals surface area contributed by atoms with Crippen LogP contribution in [0.1, 0.15) is 22.6 Å². The SMILES string of the molecule is N#CC1c2ccccc2-c2cccc(COC(=O)Cl)c21. The average molecular weight is 284 g/mol. The normalized spacial score (nSPS) is 15.1. The van der Waals surface area contributed by atoms with E-state index in [2.05, 4.69) is 6.07 Å². The van der Waals surface area contributed by atoms with E-state index in [1.54, 1.807) is 0 Å². The van der Waals surface area contributed by atoms with Crippen molar-refractivity contribution in [3.05, 3.63) is 59.2 Å². The maximum Gasteiger partial charge on any atom is 0.404 e. The monoisotopic (exact) mass is 283 g/mol.